The summed E-state index contributed by atoms with van der Waals surface area (Å²) in [7, 11) is 0. The summed E-state index contributed by atoms with van der Waals surface area (Å²) in [6.07, 6.45) is 0.937. The van der Waals surface area contributed by atoms with E-state index >= 15 is 0 Å². The van der Waals surface area contributed by atoms with Crippen LogP contribution in [0.2, 0.25) is 5.02 Å². The highest BCUT2D eigenvalue weighted by Crippen LogP contribution is 2.29. The summed E-state index contributed by atoms with van der Waals surface area (Å²) < 4.78 is 1.06. The van der Waals surface area contributed by atoms with Crippen LogP contribution in [0.3, 0.4) is 0 Å². The van der Waals surface area contributed by atoms with E-state index < -0.39 is 0 Å². The van der Waals surface area contributed by atoms with Crippen LogP contribution in [0.15, 0.2) is 40.9 Å². The van der Waals surface area contributed by atoms with Gasteiger partial charge in [-0.15, -0.1) is 0 Å². The number of benzene rings is 2. The van der Waals surface area contributed by atoms with Gasteiger partial charge in [0.1, 0.15) is 0 Å². The van der Waals surface area contributed by atoms with Crippen molar-refractivity contribution in [2.45, 2.75) is 33.2 Å². The Balaban J connectivity index is 2.32. The van der Waals surface area contributed by atoms with Crippen molar-refractivity contribution >= 4 is 27.5 Å². The number of aryl methyl sites for hydroxylation is 2. The third-order valence-electron chi connectivity index (χ3n) is 3.51. The molecule has 0 aliphatic carbocycles. The topological polar surface area (TPSA) is 12.0 Å². The Morgan fingerprint density at radius 1 is 1.10 bits per heavy atom. The monoisotopic (exact) mass is 365 g/mol. The summed E-state index contributed by atoms with van der Waals surface area (Å²) in [6.45, 7) is 7.33. The Morgan fingerprint density at radius 2 is 1.76 bits per heavy atom. The Labute approximate surface area is 140 Å². The molecular formula is C18H21BrClN. The molecule has 1 nitrogen and oxygen atoms in total. The fourth-order valence-electron chi connectivity index (χ4n) is 2.74. The molecule has 0 saturated heterocycles. The van der Waals surface area contributed by atoms with Crippen molar-refractivity contribution in [2.75, 3.05) is 6.54 Å². The van der Waals surface area contributed by atoms with Gasteiger partial charge in [0.05, 0.1) is 0 Å². The fraction of sp³-hybridized carbons (Fsp3) is 0.333. The van der Waals surface area contributed by atoms with Crippen molar-refractivity contribution in [3.05, 3.63) is 68.1 Å². The van der Waals surface area contributed by atoms with E-state index in [1.54, 1.807) is 0 Å². The fourth-order valence-corrected chi connectivity index (χ4v) is 3.37. The van der Waals surface area contributed by atoms with Crippen LogP contribution >= 0.6 is 27.5 Å². The maximum atomic E-state index is 6.39. The molecule has 3 heteroatoms. The second kappa shape index (κ2) is 7.44. The van der Waals surface area contributed by atoms with Gasteiger partial charge in [-0.1, -0.05) is 63.8 Å². The predicted octanol–water partition coefficient (Wildman–Crippen LogP) is 5.61. The normalized spacial score (nSPS) is 12.4. The van der Waals surface area contributed by atoms with E-state index in [-0.39, 0.29) is 6.04 Å². The van der Waals surface area contributed by atoms with Crippen molar-refractivity contribution in [1.29, 1.82) is 0 Å². The highest BCUT2D eigenvalue weighted by Gasteiger charge is 2.15. The second-order valence-corrected chi connectivity index (χ2v) is 6.80. The smallest absolute Gasteiger partial charge is 0.0454 e. The maximum Gasteiger partial charge on any atom is 0.0454 e. The summed E-state index contributed by atoms with van der Waals surface area (Å²) in [5.74, 6) is 0. The molecule has 21 heavy (non-hydrogen) atoms. The molecule has 0 aliphatic rings. The van der Waals surface area contributed by atoms with E-state index in [1.807, 2.05) is 12.1 Å². The van der Waals surface area contributed by atoms with Crippen LogP contribution < -0.4 is 5.32 Å². The van der Waals surface area contributed by atoms with Crippen molar-refractivity contribution in [3.63, 3.8) is 0 Å². The lowest BCUT2D eigenvalue weighted by molar-refractivity contribution is 0.549. The molecule has 2 rings (SSSR count). The van der Waals surface area contributed by atoms with Crippen molar-refractivity contribution < 1.29 is 0 Å². The van der Waals surface area contributed by atoms with Crippen molar-refractivity contribution in [2.24, 2.45) is 0 Å². The van der Waals surface area contributed by atoms with E-state index in [2.05, 4.69) is 66.3 Å². The lowest BCUT2D eigenvalue weighted by Gasteiger charge is -2.20. The van der Waals surface area contributed by atoms with Gasteiger partial charge in [0.15, 0.2) is 0 Å². The Hall–Kier alpha value is -0.830. The molecule has 0 fully saturated rings. The maximum absolute atomic E-state index is 6.39. The zero-order chi connectivity index (χ0) is 15.4. The highest BCUT2D eigenvalue weighted by molar-refractivity contribution is 9.10. The molecule has 0 spiro atoms. The van der Waals surface area contributed by atoms with Gasteiger partial charge in [0, 0.05) is 15.5 Å². The molecule has 0 aromatic heterocycles. The van der Waals surface area contributed by atoms with Crippen molar-refractivity contribution in [3.8, 4) is 0 Å². The van der Waals surface area contributed by atoms with Gasteiger partial charge < -0.3 is 5.32 Å². The highest BCUT2D eigenvalue weighted by atomic mass is 79.9. The van der Waals surface area contributed by atoms with Gasteiger partial charge in [-0.3, -0.25) is 0 Å². The third kappa shape index (κ3) is 4.57. The minimum atomic E-state index is 0.223. The van der Waals surface area contributed by atoms with Crippen LogP contribution in [-0.2, 0) is 6.42 Å². The van der Waals surface area contributed by atoms with Gasteiger partial charge in [0.25, 0.3) is 0 Å². The van der Waals surface area contributed by atoms with Crippen LogP contribution in [0, 0.1) is 13.8 Å². The van der Waals surface area contributed by atoms with E-state index in [0.717, 1.165) is 28.0 Å². The van der Waals surface area contributed by atoms with Gasteiger partial charge >= 0.3 is 0 Å². The molecule has 2 aromatic carbocycles. The first-order valence-corrected chi connectivity index (χ1v) is 8.42. The Kier molecular flexibility index (Phi) is 5.86. The molecule has 0 amide bonds. The average Bonchev–Trinajstić information content (AvgIpc) is 2.40. The minimum absolute atomic E-state index is 0.223. The lowest BCUT2D eigenvalue weighted by atomic mass is 9.96. The second-order valence-electron chi connectivity index (χ2n) is 5.48. The molecule has 0 bridgehead atoms. The molecule has 1 N–H and O–H groups in total. The van der Waals surface area contributed by atoms with E-state index in [4.69, 9.17) is 11.6 Å². The number of halogens is 2. The molecule has 0 heterocycles. The summed E-state index contributed by atoms with van der Waals surface area (Å²) in [6, 6.07) is 13.0. The molecule has 0 saturated carbocycles. The van der Waals surface area contributed by atoms with E-state index in [0.29, 0.717) is 0 Å². The molecule has 1 atom stereocenters. The summed E-state index contributed by atoms with van der Waals surface area (Å²) in [5, 5.41) is 4.36. The number of nitrogens with one attached hydrogen (secondary N) is 1. The number of rotatable bonds is 5. The molecular weight excluding hydrogens is 346 g/mol. The Morgan fingerprint density at radius 3 is 2.38 bits per heavy atom. The molecule has 0 radical (unpaired) electrons. The molecule has 2 aromatic rings. The average molecular weight is 367 g/mol. The van der Waals surface area contributed by atoms with E-state index in [1.165, 1.54) is 16.7 Å². The first-order chi connectivity index (χ1) is 9.99. The standard InChI is InChI=1S/C18H21BrClN/c1-4-21-18(16-11-15(19)5-6-17(16)20)10-14-8-12(2)7-13(3)9-14/h5-9,11,18,21H,4,10H2,1-3H3. The first kappa shape index (κ1) is 16.5. The predicted molar refractivity (Wildman–Crippen MR) is 95.2 cm³/mol. The van der Waals surface area contributed by atoms with Crippen LogP contribution in [0.1, 0.15) is 35.2 Å². The van der Waals surface area contributed by atoms with Crippen LogP contribution in [0.25, 0.3) is 0 Å². The largest absolute Gasteiger partial charge is 0.310 e. The quantitative estimate of drug-likeness (QED) is 0.725. The lowest BCUT2D eigenvalue weighted by Crippen LogP contribution is -2.23. The zero-order valence-corrected chi connectivity index (χ0v) is 15.1. The zero-order valence-electron chi connectivity index (χ0n) is 12.7. The van der Waals surface area contributed by atoms with Crippen LogP contribution in [0.4, 0.5) is 0 Å². The van der Waals surface area contributed by atoms with Gasteiger partial charge in [-0.25, -0.2) is 0 Å². The number of hydrogen-bond donors (Lipinski definition) is 1. The Bertz CT molecular complexity index is 604. The minimum Gasteiger partial charge on any atom is -0.310 e. The number of hydrogen-bond acceptors (Lipinski definition) is 1. The molecule has 0 aliphatic heterocycles. The third-order valence-corrected chi connectivity index (χ3v) is 4.34. The summed E-state index contributed by atoms with van der Waals surface area (Å²) >= 11 is 9.93. The van der Waals surface area contributed by atoms with Gasteiger partial charge in [-0.2, -0.15) is 0 Å². The van der Waals surface area contributed by atoms with Gasteiger partial charge in [-0.05, 0) is 56.1 Å². The SMILES string of the molecule is CCNC(Cc1cc(C)cc(C)c1)c1cc(Br)ccc1Cl. The van der Waals surface area contributed by atoms with Crippen LogP contribution in [-0.4, -0.2) is 6.54 Å². The van der Waals surface area contributed by atoms with Gasteiger partial charge in [0.2, 0.25) is 0 Å². The molecule has 112 valence electrons. The summed E-state index contributed by atoms with van der Waals surface area (Å²) in [5.41, 5.74) is 5.10. The molecule has 1 unspecified atom stereocenters. The number of likely N-dealkylation sites (N-methyl/N-ethyl adjacent to an activating group) is 1. The summed E-state index contributed by atoms with van der Waals surface area (Å²) in [4.78, 5) is 0. The first-order valence-electron chi connectivity index (χ1n) is 7.25. The van der Waals surface area contributed by atoms with Crippen LogP contribution in [0.5, 0.6) is 0 Å². The van der Waals surface area contributed by atoms with E-state index in [9.17, 15) is 0 Å². The van der Waals surface area contributed by atoms with Crippen molar-refractivity contribution in [1.82, 2.24) is 5.32 Å².